The van der Waals surface area contributed by atoms with Crippen molar-refractivity contribution in [3.8, 4) is 11.1 Å². The summed E-state index contributed by atoms with van der Waals surface area (Å²) < 4.78 is 312. The summed E-state index contributed by atoms with van der Waals surface area (Å²) in [5, 5.41) is -6.60. The lowest BCUT2D eigenvalue weighted by atomic mass is 9.89. The first-order valence-electron chi connectivity index (χ1n) is 12.2. The lowest BCUT2D eigenvalue weighted by Crippen LogP contribution is -2.70. The van der Waals surface area contributed by atoms with Crippen LogP contribution in [-0.4, -0.2) is 73.4 Å². The fourth-order valence-electron chi connectivity index (χ4n) is 4.12. The summed E-state index contributed by atoms with van der Waals surface area (Å²) in [5.74, 6) is -56.0. The Morgan fingerprint density at radius 2 is 1.12 bits per heavy atom. The number of benzene rings is 2. The summed E-state index contributed by atoms with van der Waals surface area (Å²) in [5.41, 5.74) is -5.69. The Hall–Kier alpha value is -3.61. The summed E-state index contributed by atoms with van der Waals surface area (Å²) in [6.07, 6.45) is -14.1. The van der Waals surface area contributed by atoms with Crippen molar-refractivity contribution >= 4 is 15.8 Å². The van der Waals surface area contributed by atoms with Gasteiger partial charge in [0.25, 0.3) is 0 Å². The van der Waals surface area contributed by atoms with Gasteiger partial charge in [-0.1, -0.05) is 41.6 Å². The monoisotopic (exact) mass is 791 g/mol. The molecule has 50 heavy (non-hydrogen) atoms. The van der Waals surface area contributed by atoms with Gasteiger partial charge in [-0.05, 0) is 34.7 Å². The number of halogens is 21. The molecular weight excluding hydrogens is 781 g/mol. The Morgan fingerprint density at radius 3 is 1.62 bits per heavy atom. The summed E-state index contributed by atoms with van der Waals surface area (Å²) in [4.78, 5) is 0. The van der Waals surface area contributed by atoms with Crippen molar-refractivity contribution in [2.75, 3.05) is 0 Å². The Balaban J connectivity index is 2.30. The predicted octanol–water partition coefficient (Wildman–Crippen LogP) is 9.18. The lowest BCUT2D eigenvalue weighted by molar-refractivity contribution is -0.404. The molecule has 0 atom stereocenters. The van der Waals surface area contributed by atoms with Gasteiger partial charge in [-0.15, -0.1) is 0 Å². The number of nitrogens with zero attached hydrogens (tertiary/aromatic N) is 1. The molecule has 0 aliphatic heterocycles. The van der Waals surface area contributed by atoms with E-state index in [1.54, 1.807) is 0 Å². The Bertz CT molecular complexity index is 1770. The molecule has 0 saturated heterocycles. The summed E-state index contributed by atoms with van der Waals surface area (Å²) in [6.45, 7) is 0. The van der Waals surface area contributed by atoms with Crippen LogP contribution in [0.3, 0.4) is 0 Å². The first kappa shape index (κ1) is 40.8. The number of alkyl halides is 21. The van der Waals surface area contributed by atoms with E-state index >= 15 is 8.78 Å². The van der Waals surface area contributed by atoms with E-state index in [-0.39, 0.29) is 28.8 Å². The third-order valence-corrected chi connectivity index (χ3v) is 8.05. The maximum atomic E-state index is 15.2. The van der Waals surface area contributed by atoms with Crippen LogP contribution in [0.25, 0.3) is 11.1 Å². The minimum absolute atomic E-state index is 0.00562. The molecule has 3 rings (SSSR count). The van der Waals surface area contributed by atoms with Crippen LogP contribution < -0.4 is 0 Å². The highest BCUT2D eigenvalue weighted by molar-refractivity contribution is 7.87. The van der Waals surface area contributed by atoms with E-state index in [9.17, 15) is 91.8 Å². The molecule has 0 fully saturated rings. The SMILES string of the molecule is O=S(=O)(ON=C(c1ccc2c(c1)Cc1ccccc1-2)C(F)(F)C(F)(F)C(F)(F)C(F)(F)C(F)(F)C(F)F)C(F)(F)C(F)(F)C(F)(F)C(F)(F)F. The normalized spacial score (nSPS) is 16.1. The molecular formula is C24H10F21NO3S. The molecule has 0 saturated carbocycles. The topological polar surface area (TPSA) is 55.7 Å². The van der Waals surface area contributed by atoms with Crippen LogP contribution in [0.15, 0.2) is 47.6 Å². The number of hydrogen-bond donors (Lipinski definition) is 0. The van der Waals surface area contributed by atoms with E-state index < -0.39 is 92.7 Å². The molecule has 0 N–H and O–H groups in total. The van der Waals surface area contributed by atoms with Gasteiger partial charge in [0.15, 0.2) is 5.71 Å². The highest BCUT2D eigenvalue weighted by atomic mass is 32.2. The average molecular weight is 791 g/mol. The number of fused-ring (bicyclic) bond motifs is 3. The maximum absolute atomic E-state index is 15.2. The van der Waals surface area contributed by atoms with Gasteiger partial charge < -0.3 is 0 Å². The van der Waals surface area contributed by atoms with Crippen molar-refractivity contribution in [1.29, 1.82) is 0 Å². The molecule has 0 heterocycles. The zero-order valence-corrected chi connectivity index (χ0v) is 23.7. The molecule has 0 amide bonds. The largest absolute Gasteiger partial charge is 0.460 e. The molecule has 1 aliphatic rings. The Kier molecular flexibility index (Phi) is 9.56. The minimum atomic E-state index is -8.41. The molecule has 0 spiro atoms. The van der Waals surface area contributed by atoms with Gasteiger partial charge in [-0.2, -0.15) is 91.8 Å². The first-order valence-corrected chi connectivity index (χ1v) is 13.6. The first-order chi connectivity index (χ1) is 22.1. The van der Waals surface area contributed by atoms with Crippen molar-refractivity contribution in [3.05, 3.63) is 59.2 Å². The van der Waals surface area contributed by atoms with E-state index in [2.05, 4.69) is 4.28 Å². The fourth-order valence-corrected chi connectivity index (χ4v) is 4.83. The van der Waals surface area contributed by atoms with Crippen molar-refractivity contribution in [3.63, 3.8) is 0 Å². The van der Waals surface area contributed by atoms with Crippen LogP contribution in [0.4, 0.5) is 92.2 Å². The molecule has 1 aliphatic carbocycles. The molecule has 26 heteroatoms. The van der Waals surface area contributed by atoms with Crippen molar-refractivity contribution in [1.82, 2.24) is 0 Å². The zero-order chi connectivity index (χ0) is 39.1. The molecule has 4 nitrogen and oxygen atoms in total. The summed E-state index contributed by atoms with van der Waals surface area (Å²) in [6, 6.07) is 5.96. The molecule has 0 radical (unpaired) electrons. The molecule has 282 valence electrons. The number of hydrogen-bond acceptors (Lipinski definition) is 4. The maximum Gasteiger partial charge on any atom is 0.460 e. The van der Waals surface area contributed by atoms with E-state index in [4.69, 9.17) is 0 Å². The molecule has 0 bridgehead atoms. The van der Waals surface area contributed by atoms with E-state index in [1.165, 1.54) is 29.4 Å². The third-order valence-electron chi connectivity index (χ3n) is 6.90. The van der Waals surface area contributed by atoms with Crippen LogP contribution in [0, 0.1) is 0 Å². The average Bonchev–Trinajstić information content (AvgIpc) is 3.33. The van der Waals surface area contributed by atoms with E-state index in [1.807, 2.05) is 0 Å². The minimum Gasteiger partial charge on any atom is -0.263 e. The van der Waals surface area contributed by atoms with Gasteiger partial charge in [0.1, 0.15) is 0 Å². The fraction of sp³-hybridized carbons (Fsp3) is 0.458. The van der Waals surface area contributed by atoms with Gasteiger partial charge in [0.05, 0.1) is 0 Å². The van der Waals surface area contributed by atoms with E-state index in [0.717, 1.165) is 0 Å². The van der Waals surface area contributed by atoms with Gasteiger partial charge in [-0.25, -0.2) is 8.78 Å². The van der Waals surface area contributed by atoms with Gasteiger partial charge in [-0.3, -0.25) is 4.28 Å². The highest BCUT2D eigenvalue weighted by Gasteiger charge is 2.89. The molecule has 0 aromatic heterocycles. The molecule has 0 unspecified atom stereocenters. The van der Waals surface area contributed by atoms with Crippen LogP contribution in [-0.2, 0) is 20.8 Å². The van der Waals surface area contributed by atoms with Gasteiger partial charge in [0, 0.05) is 5.56 Å². The third kappa shape index (κ3) is 5.58. The molecule has 2 aromatic rings. The highest BCUT2D eigenvalue weighted by Crippen LogP contribution is 2.59. The second-order valence-electron chi connectivity index (χ2n) is 10.1. The quantitative estimate of drug-likeness (QED) is 0.105. The second-order valence-corrected chi connectivity index (χ2v) is 11.6. The number of oxime groups is 1. The Morgan fingerprint density at radius 1 is 0.620 bits per heavy atom. The van der Waals surface area contributed by atoms with Crippen molar-refractivity contribution in [2.24, 2.45) is 5.16 Å². The zero-order valence-electron chi connectivity index (χ0n) is 22.8. The molecule has 2 aromatic carbocycles. The smallest absolute Gasteiger partial charge is 0.263 e. The lowest BCUT2D eigenvalue weighted by Gasteiger charge is -2.39. The van der Waals surface area contributed by atoms with Crippen molar-refractivity contribution in [2.45, 2.75) is 65.7 Å². The van der Waals surface area contributed by atoms with Crippen LogP contribution in [0.2, 0.25) is 0 Å². The Labute approximate surface area is 262 Å². The van der Waals surface area contributed by atoms with Crippen LogP contribution >= 0.6 is 0 Å². The predicted molar refractivity (Wildman–Crippen MR) is 123 cm³/mol. The second kappa shape index (κ2) is 11.7. The van der Waals surface area contributed by atoms with Crippen LogP contribution in [0.5, 0.6) is 0 Å². The summed E-state index contributed by atoms with van der Waals surface area (Å²) in [7, 11) is -8.41. The van der Waals surface area contributed by atoms with Crippen molar-refractivity contribution < 1.29 is 105 Å². The summed E-state index contributed by atoms with van der Waals surface area (Å²) >= 11 is 0. The van der Waals surface area contributed by atoms with Crippen LogP contribution in [0.1, 0.15) is 16.7 Å². The standard InChI is InChI=1S/C24H10F21NO3S/c25-15(26)17(29,30)19(33,34)20(35,36)18(31,32)16(27,28)14(10-5-6-13-11(8-10)7-9-3-1-2-4-12(9)13)46-49-50(47,48)24(44,45)22(39,40)21(37,38)23(41,42)43/h1-6,8,15H,7H2. The van der Waals surface area contributed by atoms with Gasteiger partial charge >= 0.3 is 69.4 Å². The van der Waals surface area contributed by atoms with Gasteiger partial charge in [0.2, 0.25) is 0 Å². The van der Waals surface area contributed by atoms with E-state index in [0.29, 0.717) is 6.07 Å². The number of rotatable bonds is 12.